The van der Waals surface area contributed by atoms with E-state index in [0.717, 1.165) is 26.8 Å². The number of fused-ring (bicyclic) bond motifs is 1. The number of amides is 1. The van der Waals surface area contributed by atoms with Crippen LogP contribution >= 0.6 is 15.9 Å². The largest absolute Gasteiger partial charge is 0.459 e. The molecule has 0 saturated carbocycles. The van der Waals surface area contributed by atoms with Gasteiger partial charge in [0.2, 0.25) is 5.91 Å². The van der Waals surface area contributed by atoms with Crippen LogP contribution in [0.15, 0.2) is 75.9 Å². The number of rotatable bonds is 5. The maximum absolute atomic E-state index is 12.6. The number of furan rings is 1. The van der Waals surface area contributed by atoms with Crippen molar-refractivity contribution in [3.8, 4) is 11.3 Å². The molecule has 1 amide bonds. The van der Waals surface area contributed by atoms with E-state index in [2.05, 4.69) is 26.2 Å². The van der Waals surface area contributed by atoms with Crippen molar-refractivity contribution in [2.24, 2.45) is 0 Å². The standard InChI is InChI=1S/C21H18BrN3O2/c1-14(25-13-24-18-4-2-3-5-19(18)25)21(26)23-12-17-10-11-20(27-17)15-6-8-16(22)9-7-15/h2-11,13-14H,12H2,1H3,(H,23,26). The lowest BCUT2D eigenvalue weighted by atomic mass is 10.2. The molecule has 0 aliphatic heterocycles. The van der Waals surface area contributed by atoms with Gasteiger partial charge in [-0.05, 0) is 43.3 Å². The third-order valence-electron chi connectivity index (χ3n) is 4.51. The van der Waals surface area contributed by atoms with Crippen LogP contribution in [0.4, 0.5) is 0 Å². The second-order valence-corrected chi connectivity index (χ2v) is 7.22. The molecule has 0 aliphatic rings. The Labute approximate surface area is 165 Å². The number of aromatic nitrogens is 2. The van der Waals surface area contributed by atoms with Crippen molar-refractivity contribution in [1.29, 1.82) is 0 Å². The molecule has 2 aromatic heterocycles. The lowest BCUT2D eigenvalue weighted by molar-refractivity contribution is -0.124. The van der Waals surface area contributed by atoms with Crippen LogP contribution in [0, 0.1) is 0 Å². The molecule has 0 saturated heterocycles. The Kier molecular flexibility index (Phi) is 4.81. The average Bonchev–Trinajstić information content (AvgIpc) is 3.33. The number of nitrogens with zero attached hydrogens (tertiary/aromatic N) is 2. The molecule has 0 spiro atoms. The fraction of sp³-hybridized carbons (Fsp3) is 0.143. The Morgan fingerprint density at radius 3 is 2.74 bits per heavy atom. The van der Waals surface area contributed by atoms with E-state index in [1.165, 1.54) is 0 Å². The van der Waals surface area contributed by atoms with Crippen molar-refractivity contribution in [2.75, 3.05) is 0 Å². The minimum absolute atomic E-state index is 0.0836. The summed E-state index contributed by atoms with van der Waals surface area (Å²) < 4.78 is 8.75. The van der Waals surface area contributed by atoms with Gasteiger partial charge in [0.25, 0.3) is 0 Å². The van der Waals surface area contributed by atoms with Crippen molar-refractivity contribution in [3.05, 3.63) is 77.2 Å². The zero-order valence-electron chi connectivity index (χ0n) is 14.7. The molecule has 4 rings (SSSR count). The number of carbonyl (C=O) groups is 1. The van der Waals surface area contributed by atoms with Gasteiger partial charge in [-0.2, -0.15) is 0 Å². The number of carbonyl (C=O) groups excluding carboxylic acids is 1. The third-order valence-corrected chi connectivity index (χ3v) is 5.03. The first-order valence-electron chi connectivity index (χ1n) is 8.66. The van der Waals surface area contributed by atoms with E-state index >= 15 is 0 Å². The van der Waals surface area contributed by atoms with Crippen LogP contribution < -0.4 is 5.32 Å². The number of para-hydroxylation sites is 2. The highest BCUT2D eigenvalue weighted by Gasteiger charge is 2.17. The fourth-order valence-electron chi connectivity index (χ4n) is 2.98. The molecule has 1 unspecified atom stereocenters. The molecule has 4 aromatic rings. The van der Waals surface area contributed by atoms with Crippen LogP contribution in [0.25, 0.3) is 22.4 Å². The second-order valence-electron chi connectivity index (χ2n) is 6.31. The highest BCUT2D eigenvalue weighted by molar-refractivity contribution is 9.10. The number of hydrogen-bond donors (Lipinski definition) is 1. The molecular weight excluding hydrogens is 406 g/mol. The smallest absolute Gasteiger partial charge is 0.243 e. The predicted octanol–water partition coefficient (Wildman–Crippen LogP) is 4.94. The van der Waals surface area contributed by atoms with E-state index in [0.29, 0.717) is 12.3 Å². The van der Waals surface area contributed by atoms with Crippen molar-refractivity contribution in [1.82, 2.24) is 14.9 Å². The van der Waals surface area contributed by atoms with Crippen LogP contribution in [0.3, 0.4) is 0 Å². The van der Waals surface area contributed by atoms with Crippen molar-refractivity contribution < 1.29 is 9.21 Å². The Morgan fingerprint density at radius 2 is 1.93 bits per heavy atom. The second kappa shape index (κ2) is 7.40. The van der Waals surface area contributed by atoms with E-state index < -0.39 is 0 Å². The molecule has 5 nitrogen and oxygen atoms in total. The van der Waals surface area contributed by atoms with Crippen molar-refractivity contribution in [2.45, 2.75) is 19.5 Å². The molecule has 6 heteroatoms. The summed E-state index contributed by atoms with van der Waals surface area (Å²) in [5.74, 6) is 1.41. The van der Waals surface area contributed by atoms with E-state index in [4.69, 9.17) is 4.42 Å². The minimum Gasteiger partial charge on any atom is -0.459 e. The van der Waals surface area contributed by atoms with Crippen molar-refractivity contribution >= 4 is 32.9 Å². The van der Waals surface area contributed by atoms with Crippen LogP contribution in [0.5, 0.6) is 0 Å². The molecule has 1 N–H and O–H groups in total. The summed E-state index contributed by atoms with van der Waals surface area (Å²) in [5.41, 5.74) is 2.81. The molecule has 27 heavy (non-hydrogen) atoms. The Bertz CT molecular complexity index is 1080. The Hall–Kier alpha value is -2.86. The van der Waals surface area contributed by atoms with Gasteiger partial charge in [0, 0.05) is 10.0 Å². The Balaban J connectivity index is 1.42. The van der Waals surface area contributed by atoms with Crippen LogP contribution in [-0.2, 0) is 11.3 Å². The number of nitrogens with one attached hydrogen (secondary N) is 1. The first-order chi connectivity index (χ1) is 13.1. The monoisotopic (exact) mass is 423 g/mol. The molecule has 0 aliphatic carbocycles. The quantitative estimate of drug-likeness (QED) is 0.494. The summed E-state index contributed by atoms with van der Waals surface area (Å²) in [6.45, 7) is 2.20. The number of benzene rings is 2. The van der Waals surface area contributed by atoms with Gasteiger partial charge in [-0.25, -0.2) is 4.98 Å². The van der Waals surface area contributed by atoms with Crippen molar-refractivity contribution in [3.63, 3.8) is 0 Å². The van der Waals surface area contributed by atoms with Gasteiger partial charge in [-0.15, -0.1) is 0 Å². The maximum atomic E-state index is 12.6. The average molecular weight is 424 g/mol. The van der Waals surface area contributed by atoms with E-state index in [1.54, 1.807) is 6.33 Å². The summed E-state index contributed by atoms with van der Waals surface area (Å²) in [4.78, 5) is 16.9. The highest BCUT2D eigenvalue weighted by atomic mass is 79.9. The summed E-state index contributed by atoms with van der Waals surface area (Å²) >= 11 is 3.42. The first kappa shape index (κ1) is 17.5. The molecular formula is C21H18BrN3O2. The maximum Gasteiger partial charge on any atom is 0.243 e. The van der Waals surface area contributed by atoms with Gasteiger partial charge >= 0.3 is 0 Å². The molecule has 1 atom stereocenters. The highest BCUT2D eigenvalue weighted by Crippen LogP contribution is 2.24. The number of halogens is 1. The molecule has 2 heterocycles. The van der Waals surface area contributed by atoms with Gasteiger partial charge < -0.3 is 14.3 Å². The molecule has 0 radical (unpaired) electrons. The van der Waals surface area contributed by atoms with Gasteiger partial charge in [0.15, 0.2) is 0 Å². The third kappa shape index (κ3) is 3.66. The summed E-state index contributed by atoms with van der Waals surface area (Å²) in [6, 6.07) is 19.1. The van der Waals surface area contributed by atoms with Crippen LogP contribution in [-0.4, -0.2) is 15.5 Å². The fourth-order valence-corrected chi connectivity index (χ4v) is 3.24. The minimum atomic E-state index is -0.363. The van der Waals surface area contributed by atoms with Gasteiger partial charge in [-0.1, -0.05) is 40.2 Å². The van der Waals surface area contributed by atoms with Crippen LogP contribution in [0.1, 0.15) is 18.7 Å². The summed E-state index contributed by atoms with van der Waals surface area (Å²) in [5, 5.41) is 2.94. The number of hydrogen-bond acceptors (Lipinski definition) is 3. The predicted molar refractivity (Wildman–Crippen MR) is 108 cm³/mol. The van der Waals surface area contributed by atoms with E-state index in [-0.39, 0.29) is 11.9 Å². The van der Waals surface area contributed by atoms with Gasteiger partial charge in [0.1, 0.15) is 17.6 Å². The zero-order valence-corrected chi connectivity index (χ0v) is 16.3. The zero-order chi connectivity index (χ0) is 18.8. The topological polar surface area (TPSA) is 60.1 Å². The van der Waals surface area contributed by atoms with E-state index in [9.17, 15) is 4.79 Å². The molecule has 136 valence electrons. The number of imidazole rings is 1. The van der Waals surface area contributed by atoms with Crippen LogP contribution in [0.2, 0.25) is 0 Å². The summed E-state index contributed by atoms with van der Waals surface area (Å²) in [6.07, 6.45) is 1.70. The molecule has 0 fully saturated rings. The van der Waals surface area contributed by atoms with E-state index in [1.807, 2.05) is 72.2 Å². The SMILES string of the molecule is CC(C(=O)NCc1ccc(-c2ccc(Br)cc2)o1)n1cnc2ccccc21. The first-order valence-corrected chi connectivity index (χ1v) is 9.45. The normalized spacial score (nSPS) is 12.2. The summed E-state index contributed by atoms with van der Waals surface area (Å²) in [7, 11) is 0. The van der Waals surface area contributed by atoms with Gasteiger partial charge in [-0.3, -0.25) is 4.79 Å². The molecule has 2 aromatic carbocycles. The lowest BCUT2D eigenvalue weighted by Crippen LogP contribution is -2.30. The van der Waals surface area contributed by atoms with Gasteiger partial charge in [0.05, 0.1) is 23.9 Å². The molecule has 0 bridgehead atoms. The Morgan fingerprint density at radius 1 is 1.15 bits per heavy atom. The lowest BCUT2D eigenvalue weighted by Gasteiger charge is -2.14.